The number of urea groups is 1. The Kier molecular flexibility index (Phi) is 7.84. The predicted octanol–water partition coefficient (Wildman–Crippen LogP) is 5.34. The molecule has 0 spiro atoms. The van der Waals surface area contributed by atoms with Gasteiger partial charge < -0.3 is 15.5 Å². The van der Waals surface area contributed by atoms with E-state index in [0.29, 0.717) is 24.0 Å². The van der Waals surface area contributed by atoms with Crippen LogP contribution >= 0.6 is 0 Å². The van der Waals surface area contributed by atoms with Gasteiger partial charge in [-0.25, -0.2) is 9.18 Å². The van der Waals surface area contributed by atoms with Gasteiger partial charge in [0, 0.05) is 19.1 Å². The highest BCUT2D eigenvalue weighted by molar-refractivity contribution is 5.81. The highest BCUT2D eigenvalue weighted by atomic mass is 19.4. The second-order valence-electron chi connectivity index (χ2n) is 8.97. The van der Waals surface area contributed by atoms with Gasteiger partial charge in [0.2, 0.25) is 5.91 Å². The van der Waals surface area contributed by atoms with Gasteiger partial charge >= 0.3 is 12.2 Å². The van der Waals surface area contributed by atoms with Gasteiger partial charge in [0.15, 0.2) is 0 Å². The maximum Gasteiger partial charge on any atom is 0.416 e. The number of carbonyl (C=O) groups is 2. The normalized spacial score (nSPS) is 18.6. The molecule has 0 aromatic heterocycles. The maximum absolute atomic E-state index is 13.8. The van der Waals surface area contributed by atoms with Gasteiger partial charge in [0.1, 0.15) is 5.82 Å². The summed E-state index contributed by atoms with van der Waals surface area (Å²) in [4.78, 5) is 27.4. The van der Waals surface area contributed by atoms with E-state index in [0.717, 1.165) is 17.7 Å². The topological polar surface area (TPSA) is 61.4 Å². The molecule has 3 amide bonds. The number of hydrogen-bond acceptors (Lipinski definition) is 2. The second-order valence-corrected chi connectivity index (χ2v) is 8.97. The molecule has 3 rings (SSSR count). The molecule has 2 N–H and O–H groups in total. The van der Waals surface area contributed by atoms with Crippen LogP contribution in [0.4, 0.5) is 22.4 Å². The average Bonchev–Trinajstić information content (AvgIpc) is 2.78. The van der Waals surface area contributed by atoms with Gasteiger partial charge in [-0.2, -0.15) is 13.2 Å². The van der Waals surface area contributed by atoms with Crippen molar-refractivity contribution in [2.45, 2.75) is 58.4 Å². The Hall–Kier alpha value is -3.10. The number of rotatable bonds is 5. The number of halogens is 4. The van der Waals surface area contributed by atoms with Gasteiger partial charge in [0.05, 0.1) is 17.5 Å². The van der Waals surface area contributed by atoms with E-state index < -0.39 is 17.7 Å². The number of hydrogen-bond donors (Lipinski definition) is 2. The first-order chi connectivity index (χ1) is 16.0. The third-order valence-electron chi connectivity index (χ3n) is 5.91. The molecule has 2 aromatic rings. The van der Waals surface area contributed by atoms with E-state index in [1.807, 2.05) is 13.8 Å². The van der Waals surface area contributed by atoms with Crippen LogP contribution in [0.5, 0.6) is 0 Å². The molecule has 1 saturated heterocycles. The Bertz CT molecular complexity index is 1040. The van der Waals surface area contributed by atoms with Crippen molar-refractivity contribution < 1.29 is 27.2 Å². The Labute approximate surface area is 196 Å². The monoisotopic (exact) mass is 479 g/mol. The van der Waals surface area contributed by atoms with E-state index in [1.165, 1.54) is 18.2 Å². The van der Waals surface area contributed by atoms with Gasteiger partial charge in [-0.05, 0) is 68.5 Å². The first kappa shape index (κ1) is 25.5. The molecule has 2 aromatic carbocycles. The number of amides is 3. The summed E-state index contributed by atoms with van der Waals surface area (Å²) >= 11 is 0. The quantitative estimate of drug-likeness (QED) is 0.569. The van der Waals surface area contributed by atoms with Gasteiger partial charge in [0.25, 0.3) is 0 Å². The Balaban J connectivity index is 1.72. The molecule has 5 nitrogen and oxygen atoms in total. The first-order valence-electron chi connectivity index (χ1n) is 11.2. The summed E-state index contributed by atoms with van der Waals surface area (Å²) < 4.78 is 52.6. The standard InChI is InChI=1S/C25H29F4N3O2/c1-15(2)31-24(34)32-14-19(8-10-22(32)18-7-9-21(26)16(3)11-18)23(33)30-13-17-5-4-6-20(12-17)25(27,28)29/h4-7,9,11-12,15,19,22H,8,10,13-14H2,1-3H3,(H,30,33)(H,31,34). The number of alkyl halides is 3. The molecule has 9 heteroatoms. The van der Waals surface area contributed by atoms with E-state index in [-0.39, 0.29) is 42.9 Å². The van der Waals surface area contributed by atoms with E-state index in [4.69, 9.17) is 0 Å². The molecule has 1 heterocycles. The fourth-order valence-electron chi connectivity index (χ4n) is 4.15. The minimum atomic E-state index is -4.46. The Morgan fingerprint density at radius 1 is 1.12 bits per heavy atom. The number of piperidine rings is 1. The summed E-state index contributed by atoms with van der Waals surface area (Å²) in [6, 6.07) is 8.80. The lowest BCUT2D eigenvalue weighted by Crippen LogP contribution is -2.51. The molecule has 0 saturated carbocycles. The van der Waals surface area contributed by atoms with Crippen molar-refractivity contribution in [1.82, 2.24) is 15.5 Å². The Morgan fingerprint density at radius 2 is 1.85 bits per heavy atom. The highest BCUT2D eigenvalue weighted by Gasteiger charge is 2.36. The molecule has 1 fully saturated rings. The number of nitrogens with one attached hydrogen (secondary N) is 2. The van der Waals surface area contributed by atoms with Crippen molar-refractivity contribution in [2.75, 3.05) is 6.54 Å². The highest BCUT2D eigenvalue weighted by Crippen LogP contribution is 2.34. The lowest BCUT2D eigenvalue weighted by molar-refractivity contribution is -0.137. The van der Waals surface area contributed by atoms with E-state index >= 15 is 0 Å². The number of likely N-dealkylation sites (tertiary alicyclic amines) is 1. The molecule has 1 aliphatic heterocycles. The van der Waals surface area contributed by atoms with Crippen LogP contribution in [-0.4, -0.2) is 29.4 Å². The summed E-state index contributed by atoms with van der Waals surface area (Å²) in [5, 5.41) is 5.56. The fraction of sp³-hybridized carbons (Fsp3) is 0.440. The molecular weight excluding hydrogens is 450 g/mol. The predicted molar refractivity (Wildman–Crippen MR) is 120 cm³/mol. The first-order valence-corrected chi connectivity index (χ1v) is 11.2. The summed E-state index contributed by atoms with van der Waals surface area (Å²) in [7, 11) is 0. The third kappa shape index (κ3) is 6.27. The van der Waals surface area contributed by atoms with Crippen LogP contribution < -0.4 is 10.6 Å². The van der Waals surface area contributed by atoms with Crippen LogP contribution in [0, 0.1) is 18.7 Å². The smallest absolute Gasteiger partial charge is 0.352 e. The fourth-order valence-corrected chi connectivity index (χ4v) is 4.15. The van der Waals surface area contributed by atoms with Gasteiger partial charge in [-0.15, -0.1) is 0 Å². The summed E-state index contributed by atoms with van der Waals surface area (Å²) in [5.41, 5.74) is 0.835. The minimum Gasteiger partial charge on any atom is -0.352 e. The van der Waals surface area contributed by atoms with Crippen LogP contribution in [0.3, 0.4) is 0 Å². The van der Waals surface area contributed by atoms with Crippen molar-refractivity contribution in [2.24, 2.45) is 5.92 Å². The van der Waals surface area contributed by atoms with Crippen LogP contribution in [0.25, 0.3) is 0 Å². The third-order valence-corrected chi connectivity index (χ3v) is 5.91. The zero-order valence-corrected chi connectivity index (χ0v) is 19.4. The molecule has 2 atom stereocenters. The SMILES string of the molecule is Cc1cc(C2CCC(C(=O)NCc3cccc(C(F)(F)F)c3)CN2C(=O)NC(C)C)ccc1F. The number of carbonyl (C=O) groups excluding carboxylic acids is 2. The zero-order valence-electron chi connectivity index (χ0n) is 19.4. The summed E-state index contributed by atoms with van der Waals surface area (Å²) in [5.74, 6) is -1.17. The number of benzene rings is 2. The molecular formula is C25H29F4N3O2. The van der Waals surface area contributed by atoms with E-state index in [1.54, 1.807) is 24.0 Å². The number of aryl methyl sites for hydroxylation is 1. The molecule has 0 radical (unpaired) electrons. The van der Waals surface area contributed by atoms with Crippen molar-refractivity contribution in [1.29, 1.82) is 0 Å². The molecule has 2 unspecified atom stereocenters. The number of nitrogens with zero attached hydrogens (tertiary/aromatic N) is 1. The zero-order chi connectivity index (χ0) is 25.0. The van der Waals surface area contributed by atoms with E-state index in [2.05, 4.69) is 10.6 Å². The largest absolute Gasteiger partial charge is 0.416 e. The second kappa shape index (κ2) is 10.4. The van der Waals surface area contributed by atoms with Crippen molar-refractivity contribution in [3.8, 4) is 0 Å². The van der Waals surface area contributed by atoms with Crippen LogP contribution in [0.2, 0.25) is 0 Å². The van der Waals surface area contributed by atoms with Gasteiger partial charge in [-0.1, -0.05) is 24.3 Å². The van der Waals surface area contributed by atoms with Gasteiger partial charge in [-0.3, -0.25) is 4.79 Å². The van der Waals surface area contributed by atoms with Crippen molar-refractivity contribution >= 4 is 11.9 Å². The summed E-state index contributed by atoms with van der Waals surface area (Å²) in [6.07, 6.45) is -3.47. The molecule has 184 valence electrons. The molecule has 34 heavy (non-hydrogen) atoms. The lowest BCUT2D eigenvalue weighted by atomic mass is 9.88. The van der Waals surface area contributed by atoms with E-state index in [9.17, 15) is 27.2 Å². The van der Waals surface area contributed by atoms with Crippen LogP contribution in [0.1, 0.15) is 55.0 Å². The maximum atomic E-state index is 13.8. The van der Waals surface area contributed by atoms with Crippen molar-refractivity contribution in [3.05, 3.63) is 70.5 Å². The van der Waals surface area contributed by atoms with Crippen LogP contribution in [-0.2, 0) is 17.5 Å². The average molecular weight is 480 g/mol. The Morgan fingerprint density at radius 3 is 2.50 bits per heavy atom. The minimum absolute atomic E-state index is 0.0436. The molecule has 1 aliphatic rings. The summed E-state index contributed by atoms with van der Waals surface area (Å²) in [6.45, 7) is 5.42. The van der Waals surface area contributed by atoms with Crippen LogP contribution in [0.15, 0.2) is 42.5 Å². The molecule has 0 bridgehead atoms. The molecule has 0 aliphatic carbocycles. The van der Waals surface area contributed by atoms with Crippen molar-refractivity contribution in [3.63, 3.8) is 0 Å². The lowest BCUT2D eigenvalue weighted by Gasteiger charge is -2.40.